The molecule has 18 heavy (non-hydrogen) atoms. The Labute approximate surface area is 116 Å². The molecule has 2 heteroatoms. The van der Waals surface area contributed by atoms with Crippen molar-refractivity contribution in [1.82, 2.24) is 5.32 Å². The predicted molar refractivity (Wildman–Crippen MR) is 81.5 cm³/mol. The third kappa shape index (κ3) is 3.16. The molecule has 0 saturated carbocycles. The Kier molecular flexibility index (Phi) is 5.25. The van der Waals surface area contributed by atoms with Crippen LogP contribution >= 0.6 is 11.3 Å². The summed E-state index contributed by atoms with van der Waals surface area (Å²) in [5.41, 5.74) is 1.65. The largest absolute Gasteiger partial charge is 0.312 e. The van der Waals surface area contributed by atoms with Crippen molar-refractivity contribution in [2.75, 3.05) is 7.05 Å². The summed E-state index contributed by atoms with van der Waals surface area (Å²) in [6.45, 7) is 4.67. The van der Waals surface area contributed by atoms with Gasteiger partial charge in [0, 0.05) is 15.8 Å². The summed E-state index contributed by atoms with van der Waals surface area (Å²) in [6, 6.07) is 3.06. The van der Waals surface area contributed by atoms with E-state index in [4.69, 9.17) is 0 Å². The molecule has 0 aromatic carbocycles. The van der Waals surface area contributed by atoms with Gasteiger partial charge >= 0.3 is 0 Å². The van der Waals surface area contributed by atoms with Crippen LogP contribution in [0.2, 0.25) is 0 Å². The van der Waals surface area contributed by atoms with Crippen molar-refractivity contribution in [2.24, 2.45) is 5.92 Å². The molecule has 1 nitrogen and oxygen atoms in total. The van der Waals surface area contributed by atoms with Gasteiger partial charge in [0.2, 0.25) is 0 Å². The van der Waals surface area contributed by atoms with Gasteiger partial charge in [0.05, 0.1) is 0 Å². The maximum Gasteiger partial charge on any atom is 0.0438 e. The number of thiophene rings is 1. The third-order valence-electron chi connectivity index (χ3n) is 4.20. The summed E-state index contributed by atoms with van der Waals surface area (Å²) in [4.78, 5) is 3.25. The molecular formula is C16H27NS. The zero-order valence-corrected chi connectivity index (χ0v) is 12.9. The van der Waals surface area contributed by atoms with E-state index >= 15 is 0 Å². The third-order valence-corrected chi connectivity index (χ3v) is 5.52. The van der Waals surface area contributed by atoms with Crippen molar-refractivity contribution < 1.29 is 0 Å². The molecule has 0 fully saturated rings. The van der Waals surface area contributed by atoms with Gasteiger partial charge in [0.15, 0.2) is 0 Å². The van der Waals surface area contributed by atoms with E-state index in [1.807, 2.05) is 0 Å². The molecule has 0 bridgehead atoms. The van der Waals surface area contributed by atoms with Crippen LogP contribution in [-0.2, 0) is 12.8 Å². The fourth-order valence-electron chi connectivity index (χ4n) is 3.17. The van der Waals surface area contributed by atoms with Crippen LogP contribution in [0.3, 0.4) is 0 Å². The van der Waals surface area contributed by atoms with Crippen LogP contribution in [0, 0.1) is 5.92 Å². The summed E-state index contributed by atoms with van der Waals surface area (Å²) < 4.78 is 0. The van der Waals surface area contributed by atoms with Crippen molar-refractivity contribution in [2.45, 2.75) is 64.8 Å². The molecule has 0 radical (unpaired) electrons. The highest BCUT2D eigenvalue weighted by Gasteiger charge is 2.21. The van der Waals surface area contributed by atoms with Crippen molar-refractivity contribution in [3.8, 4) is 0 Å². The lowest BCUT2D eigenvalue weighted by Gasteiger charge is -2.22. The van der Waals surface area contributed by atoms with E-state index in [0.29, 0.717) is 6.04 Å². The zero-order chi connectivity index (χ0) is 13.0. The summed E-state index contributed by atoms with van der Waals surface area (Å²) in [6.07, 6.45) is 9.42. The van der Waals surface area contributed by atoms with Gasteiger partial charge in [-0.25, -0.2) is 0 Å². The summed E-state index contributed by atoms with van der Waals surface area (Å²) >= 11 is 2.07. The van der Waals surface area contributed by atoms with E-state index in [9.17, 15) is 0 Å². The first kappa shape index (κ1) is 14.1. The molecule has 0 saturated heterocycles. The number of fused-ring (bicyclic) bond motifs is 1. The lowest BCUT2D eigenvalue weighted by Crippen LogP contribution is -2.22. The van der Waals surface area contributed by atoms with Crippen LogP contribution in [0.15, 0.2) is 6.07 Å². The van der Waals surface area contributed by atoms with Crippen LogP contribution in [0.1, 0.15) is 67.3 Å². The van der Waals surface area contributed by atoms with Gasteiger partial charge in [0.25, 0.3) is 0 Å². The topological polar surface area (TPSA) is 12.0 Å². The van der Waals surface area contributed by atoms with E-state index in [1.165, 1.54) is 44.9 Å². The molecule has 1 heterocycles. The summed E-state index contributed by atoms with van der Waals surface area (Å²) in [7, 11) is 2.11. The molecule has 2 unspecified atom stereocenters. The first-order valence-electron chi connectivity index (χ1n) is 7.55. The first-order chi connectivity index (χ1) is 8.76. The average Bonchev–Trinajstić information content (AvgIpc) is 2.61. The van der Waals surface area contributed by atoms with Crippen molar-refractivity contribution in [1.29, 1.82) is 0 Å². The molecule has 0 amide bonds. The van der Waals surface area contributed by atoms with E-state index in [2.05, 4.69) is 43.6 Å². The van der Waals surface area contributed by atoms with Crippen molar-refractivity contribution in [3.63, 3.8) is 0 Å². The summed E-state index contributed by atoms with van der Waals surface area (Å²) in [5, 5.41) is 3.54. The van der Waals surface area contributed by atoms with Crippen LogP contribution in [-0.4, -0.2) is 7.05 Å². The second kappa shape index (κ2) is 6.72. The normalized spacial score (nSPS) is 19.1. The van der Waals surface area contributed by atoms with Gasteiger partial charge in [0.1, 0.15) is 0 Å². The van der Waals surface area contributed by atoms with Gasteiger partial charge in [-0.15, -0.1) is 11.3 Å². The zero-order valence-electron chi connectivity index (χ0n) is 12.1. The SMILES string of the molecule is CCCC(C)C(NC)c1cc2c(s1)CCCCC2. The number of hydrogen-bond acceptors (Lipinski definition) is 2. The predicted octanol–water partition coefficient (Wildman–Crippen LogP) is 4.71. The number of nitrogens with one attached hydrogen (secondary N) is 1. The monoisotopic (exact) mass is 265 g/mol. The van der Waals surface area contributed by atoms with Gasteiger partial charge in [-0.3, -0.25) is 0 Å². The van der Waals surface area contributed by atoms with Crippen molar-refractivity contribution in [3.05, 3.63) is 21.4 Å². The highest BCUT2D eigenvalue weighted by Crippen LogP contribution is 2.35. The van der Waals surface area contributed by atoms with E-state index < -0.39 is 0 Å². The molecular weight excluding hydrogens is 238 g/mol. The van der Waals surface area contributed by atoms with Gasteiger partial charge in [-0.2, -0.15) is 0 Å². The fraction of sp³-hybridized carbons (Fsp3) is 0.750. The number of rotatable bonds is 5. The minimum atomic E-state index is 0.557. The van der Waals surface area contributed by atoms with Crippen LogP contribution in [0.4, 0.5) is 0 Å². The van der Waals surface area contributed by atoms with Crippen LogP contribution < -0.4 is 5.32 Å². The molecule has 0 aliphatic heterocycles. The molecule has 1 N–H and O–H groups in total. The maximum absolute atomic E-state index is 3.54. The lowest BCUT2D eigenvalue weighted by molar-refractivity contribution is 0.388. The number of hydrogen-bond donors (Lipinski definition) is 1. The van der Waals surface area contributed by atoms with Gasteiger partial charge < -0.3 is 5.32 Å². The Balaban J connectivity index is 2.16. The Bertz CT molecular complexity index is 346. The van der Waals surface area contributed by atoms with Crippen LogP contribution in [0.25, 0.3) is 0 Å². The van der Waals surface area contributed by atoms with Crippen LogP contribution in [0.5, 0.6) is 0 Å². The molecule has 2 atom stereocenters. The Morgan fingerprint density at radius 2 is 2.06 bits per heavy atom. The fourth-order valence-corrected chi connectivity index (χ4v) is 4.67. The van der Waals surface area contributed by atoms with Gasteiger partial charge in [-0.05, 0) is 56.7 Å². The average molecular weight is 265 g/mol. The highest BCUT2D eigenvalue weighted by atomic mass is 32.1. The molecule has 1 aliphatic rings. The van der Waals surface area contributed by atoms with E-state index in [0.717, 1.165) is 5.92 Å². The second-order valence-electron chi connectivity index (χ2n) is 5.69. The molecule has 1 aromatic rings. The lowest BCUT2D eigenvalue weighted by atomic mass is 9.95. The Morgan fingerprint density at radius 3 is 2.78 bits per heavy atom. The van der Waals surface area contributed by atoms with E-state index in [-0.39, 0.29) is 0 Å². The molecule has 1 aromatic heterocycles. The highest BCUT2D eigenvalue weighted by molar-refractivity contribution is 7.12. The molecule has 102 valence electrons. The number of aryl methyl sites for hydroxylation is 2. The van der Waals surface area contributed by atoms with Gasteiger partial charge in [-0.1, -0.05) is 26.7 Å². The molecule has 2 rings (SSSR count). The quantitative estimate of drug-likeness (QED) is 0.760. The Hall–Kier alpha value is -0.340. The second-order valence-corrected chi connectivity index (χ2v) is 6.86. The standard InChI is InChI=1S/C16H27NS/c1-4-8-12(2)16(17-3)15-11-13-9-6-5-7-10-14(13)18-15/h11-12,16-17H,4-10H2,1-3H3. The first-order valence-corrected chi connectivity index (χ1v) is 8.36. The smallest absolute Gasteiger partial charge is 0.0438 e. The summed E-state index contributed by atoms with van der Waals surface area (Å²) in [5.74, 6) is 0.738. The molecule has 0 spiro atoms. The maximum atomic E-state index is 3.54. The minimum Gasteiger partial charge on any atom is -0.312 e. The van der Waals surface area contributed by atoms with Crippen molar-refractivity contribution >= 4 is 11.3 Å². The van der Waals surface area contributed by atoms with E-state index in [1.54, 1.807) is 15.3 Å². The minimum absolute atomic E-state index is 0.557. The molecule has 1 aliphatic carbocycles. The Morgan fingerprint density at radius 1 is 1.28 bits per heavy atom.